The van der Waals surface area contributed by atoms with Crippen molar-refractivity contribution < 1.29 is 23.3 Å². The summed E-state index contributed by atoms with van der Waals surface area (Å²) in [4.78, 5) is 22.3. The van der Waals surface area contributed by atoms with Gasteiger partial charge in [0.1, 0.15) is 13.7 Å². The van der Waals surface area contributed by atoms with Gasteiger partial charge in [0.25, 0.3) is 5.91 Å². The Morgan fingerprint density at radius 2 is 1.89 bits per heavy atom. The maximum Gasteiger partial charge on any atom is 0.273 e. The Morgan fingerprint density at radius 1 is 1.14 bits per heavy atom. The van der Waals surface area contributed by atoms with Gasteiger partial charge in [-0.25, -0.2) is 8.78 Å². The van der Waals surface area contributed by atoms with Gasteiger partial charge in [0.15, 0.2) is 17.3 Å². The standard InChI is InChI=1S/C20H21F2N3O3/c1-12-6-5-7-15(19(25-27-4)20(26)23-3)16(12)11-28-24-13(2)14-8-9-17(21)18(22)10-14/h5-10H,11H2,1-4H3,(H,23,26)/b24-13+,25-19+. The third kappa shape index (κ3) is 4.91. The molecule has 0 unspecified atom stereocenters. The van der Waals surface area contributed by atoms with Gasteiger partial charge >= 0.3 is 0 Å². The fraction of sp³-hybridized carbons (Fsp3) is 0.250. The molecule has 0 aromatic heterocycles. The topological polar surface area (TPSA) is 72.3 Å². The highest BCUT2D eigenvalue weighted by Gasteiger charge is 2.19. The highest BCUT2D eigenvalue weighted by Crippen LogP contribution is 2.18. The lowest BCUT2D eigenvalue weighted by atomic mass is 9.98. The third-order valence-electron chi connectivity index (χ3n) is 4.04. The molecule has 6 nitrogen and oxygen atoms in total. The number of hydrogen-bond acceptors (Lipinski definition) is 5. The van der Waals surface area contributed by atoms with Gasteiger partial charge in [-0.15, -0.1) is 0 Å². The molecule has 0 heterocycles. The van der Waals surface area contributed by atoms with Gasteiger partial charge in [0.05, 0.1) is 5.71 Å². The van der Waals surface area contributed by atoms with Gasteiger partial charge in [-0.05, 0) is 37.6 Å². The van der Waals surface area contributed by atoms with Crippen LogP contribution in [0.3, 0.4) is 0 Å². The zero-order chi connectivity index (χ0) is 20.7. The number of amides is 1. The van der Waals surface area contributed by atoms with E-state index in [0.29, 0.717) is 22.4 Å². The van der Waals surface area contributed by atoms with Crippen LogP contribution < -0.4 is 5.32 Å². The molecule has 0 saturated heterocycles. The number of halogens is 2. The molecule has 1 N–H and O–H groups in total. The lowest BCUT2D eigenvalue weighted by molar-refractivity contribution is -0.114. The van der Waals surface area contributed by atoms with E-state index in [1.807, 2.05) is 13.0 Å². The molecular weight excluding hydrogens is 368 g/mol. The molecule has 0 bridgehead atoms. The quantitative estimate of drug-likeness (QED) is 0.583. The van der Waals surface area contributed by atoms with Crippen LogP contribution in [0.5, 0.6) is 0 Å². The van der Waals surface area contributed by atoms with Crippen LogP contribution >= 0.6 is 0 Å². The Hall–Kier alpha value is -3.29. The Balaban J connectivity index is 2.27. The highest BCUT2D eigenvalue weighted by atomic mass is 19.2. The van der Waals surface area contributed by atoms with Crippen molar-refractivity contribution in [2.24, 2.45) is 10.3 Å². The zero-order valence-corrected chi connectivity index (χ0v) is 16.0. The van der Waals surface area contributed by atoms with E-state index in [1.54, 1.807) is 19.1 Å². The second-order valence-electron chi connectivity index (χ2n) is 5.88. The van der Waals surface area contributed by atoms with E-state index in [-0.39, 0.29) is 12.3 Å². The first kappa shape index (κ1) is 21.0. The molecule has 2 aromatic carbocycles. The average molecular weight is 389 g/mol. The molecule has 2 aromatic rings. The van der Waals surface area contributed by atoms with Crippen LogP contribution in [0.1, 0.15) is 29.2 Å². The number of benzene rings is 2. The number of likely N-dealkylation sites (N-methyl/N-ethyl adjacent to an activating group) is 1. The van der Waals surface area contributed by atoms with Crippen molar-refractivity contribution >= 4 is 17.3 Å². The number of nitrogens with zero attached hydrogens (tertiary/aromatic N) is 2. The second-order valence-corrected chi connectivity index (χ2v) is 5.88. The van der Waals surface area contributed by atoms with E-state index in [0.717, 1.165) is 17.7 Å². The Labute approximate surface area is 161 Å². The SMILES string of the molecule is CNC(=O)/C(=N/OC)c1cccc(C)c1CO/N=C(\C)c1ccc(F)c(F)c1. The minimum absolute atomic E-state index is 0.0444. The molecule has 8 heteroatoms. The van der Waals surface area contributed by atoms with Crippen LogP contribution in [-0.4, -0.2) is 31.5 Å². The normalized spacial score (nSPS) is 11.9. The predicted molar refractivity (Wildman–Crippen MR) is 102 cm³/mol. The molecule has 1 amide bonds. The summed E-state index contributed by atoms with van der Waals surface area (Å²) in [6.45, 7) is 3.53. The summed E-state index contributed by atoms with van der Waals surface area (Å²) in [6.07, 6.45) is 0. The van der Waals surface area contributed by atoms with E-state index in [9.17, 15) is 13.6 Å². The van der Waals surface area contributed by atoms with E-state index < -0.39 is 17.5 Å². The van der Waals surface area contributed by atoms with Crippen LogP contribution in [0.25, 0.3) is 0 Å². The summed E-state index contributed by atoms with van der Waals surface area (Å²) in [7, 11) is 2.85. The number of oxime groups is 2. The smallest absolute Gasteiger partial charge is 0.273 e. The van der Waals surface area contributed by atoms with Crippen molar-refractivity contribution in [2.75, 3.05) is 14.2 Å². The first-order valence-electron chi connectivity index (χ1n) is 8.43. The lowest BCUT2D eigenvalue weighted by Crippen LogP contribution is -2.29. The van der Waals surface area contributed by atoms with Crippen LogP contribution in [0.2, 0.25) is 0 Å². The first-order valence-corrected chi connectivity index (χ1v) is 8.43. The van der Waals surface area contributed by atoms with Crippen molar-refractivity contribution in [2.45, 2.75) is 20.5 Å². The average Bonchev–Trinajstić information content (AvgIpc) is 2.68. The molecule has 0 aliphatic carbocycles. The maximum atomic E-state index is 13.4. The van der Waals surface area contributed by atoms with Crippen molar-refractivity contribution in [1.29, 1.82) is 0 Å². The number of nitrogens with one attached hydrogen (secondary N) is 1. The number of carbonyl (C=O) groups is 1. The Kier molecular flexibility index (Phi) is 7.20. The van der Waals surface area contributed by atoms with Crippen molar-refractivity contribution in [1.82, 2.24) is 5.32 Å². The summed E-state index contributed by atoms with van der Waals surface area (Å²) in [5, 5.41) is 10.3. The minimum atomic E-state index is -0.959. The zero-order valence-electron chi connectivity index (χ0n) is 16.0. The Morgan fingerprint density at radius 3 is 2.54 bits per heavy atom. The van der Waals surface area contributed by atoms with Gasteiger partial charge in [-0.3, -0.25) is 4.79 Å². The van der Waals surface area contributed by atoms with Gasteiger partial charge in [0, 0.05) is 23.7 Å². The van der Waals surface area contributed by atoms with Crippen LogP contribution in [0, 0.1) is 18.6 Å². The molecule has 0 fully saturated rings. The molecule has 148 valence electrons. The lowest BCUT2D eigenvalue weighted by Gasteiger charge is -2.13. The van der Waals surface area contributed by atoms with E-state index in [2.05, 4.69) is 15.6 Å². The third-order valence-corrected chi connectivity index (χ3v) is 4.04. The molecule has 0 aliphatic heterocycles. The number of aryl methyl sites for hydroxylation is 1. The molecule has 0 saturated carbocycles. The second kappa shape index (κ2) is 9.59. The highest BCUT2D eigenvalue weighted by molar-refractivity contribution is 6.45. The van der Waals surface area contributed by atoms with Crippen LogP contribution in [-0.2, 0) is 21.1 Å². The van der Waals surface area contributed by atoms with Gasteiger partial charge < -0.3 is 15.0 Å². The summed E-state index contributed by atoms with van der Waals surface area (Å²) in [5.74, 6) is -2.30. The van der Waals surface area contributed by atoms with Crippen LogP contribution in [0.15, 0.2) is 46.7 Å². The monoisotopic (exact) mass is 389 g/mol. The minimum Gasteiger partial charge on any atom is -0.398 e. The summed E-state index contributed by atoms with van der Waals surface area (Å²) < 4.78 is 26.4. The Bertz CT molecular complexity index is 927. The first-order chi connectivity index (χ1) is 13.4. The molecular formula is C20H21F2N3O3. The number of carbonyl (C=O) groups excluding carboxylic acids is 1. The van der Waals surface area contributed by atoms with Crippen molar-refractivity contribution in [3.05, 3.63) is 70.3 Å². The molecule has 0 radical (unpaired) electrons. The van der Waals surface area contributed by atoms with Crippen molar-refractivity contribution in [3.63, 3.8) is 0 Å². The fourth-order valence-electron chi connectivity index (χ4n) is 2.51. The number of hydrogen-bond donors (Lipinski definition) is 1. The van der Waals surface area contributed by atoms with E-state index >= 15 is 0 Å². The summed E-state index contributed by atoms with van der Waals surface area (Å²) >= 11 is 0. The molecule has 28 heavy (non-hydrogen) atoms. The largest absolute Gasteiger partial charge is 0.398 e. The van der Waals surface area contributed by atoms with Gasteiger partial charge in [-0.2, -0.15) is 0 Å². The number of rotatable bonds is 7. The molecule has 0 aliphatic rings. The van der Waals surface area contributed by atoms with E-state index in [4.69, 9.17) is 9.68 Å². The van der Waals surface area contributed by atoms with Crippen LogP contribution in [0.4, 0.5) is 8.78 Å². The van der Waals surface area contributed by atoms with Gasteiger partial charge in [-0.1, -0.05) is 28.5 Å². The molecule has 2 rings (SSSR count). The summed E-state index contributed by atoms with van der Waals surface area (Å²) in [5.41, 5.74) is 2.99. The van der Waals surface area contributed by atoms with E-state index in [1.165, 1.54) is 20.2 Å². The molecule has 0 atom stereocenters. The fourth-order valence-corrected chi connectivity index (χ4v) is 2.51. The van der Waals surface area contributed by atoms with Crippen molar-refractivity contribution in [3.8, 4) is 0 Å². The summed E-state index contributed by atoms with van der Waals surface area (Å²) in [6, 6.07) is 8.87. The van der Waals surface area contributed by atoms with Gasteiger partial charge in [0.2, 0.25) is 0 Å². The predicted octanol–water partition coefficient (Wildman–Crippen LogP) is 3.31. The molecule has 0 spiro atoms. The maximum absolute atomic E-state index is 13.4.